The number of nitrogens with zero attached hydrogens (tertiary/aromatic N) is 3. The Morgan fingerprint density at radius 2 is 2.11 bits per heavy atom. The fourth-order valence-corrected chi connectivity index (χ4v) is 2.30. The lowest BCUT2D eigenvalue weighted by atomic mass is 10.1. The van der Waals surface area contributed by atoms with Gasteiger partial charge in [0.1, 0.15) is 0 Å². The van der Waals surface area contributed by atoms with Crippen LogP contribution in [0, 0.1) is 0 Å². The number of hydrogen-bond acceptors (Lipinski definition) is 3. The summed E-state index contributed by atoms with van der Waals surface area (Å²) in [6.07, 6.45) is 4.67. The van der Waals surface area contributed by atoms with Crippen LogP contribution in [0.5, 0.6) is 0 Å². The minimum atomic E-state index is 0.741. The molecule has 2 aromatic heterocycles. The number of pyridine rings is 1. The highest BCUT2D eigenvalue weighted by Crippen LogP contribution is 2.18. The SMILES string of the molecule is CCc1cccnc1Cn1cnc2cc(N)ccc21. The highest BCUT2D eigenvalue weighted by molar-refractivity contribution is 5.79. The molecule has 0 unspecified atom stereocenters. The van der Waals surface area contributed by atoms with Crippen LogP contribution in [0.2, 0.25) is 0 Å². The molecule has 4 heteroatoms. The molecule has 0 aliphatic heterocycles. The fraction of sp³-hybridized carbons (Fsp3) is 0.200. The Labute approximate surface area is 111 Å². The van der Waals surface area contributed by atoms with Crippen molar-refractivity contribution in [1.29, 1.82) is 0 Å². The number of hydrogen-bond donors (Lipinski definition) is 1. The summed E-state index contributed by atoms with van der Waals surface area (Å²) in [5.41, 5.74) is 10.9. The summed E-state index contributed by atoms with van der Waals surface area (Å²) in [6, 6.07) is 9.91. The molecule has 0 spiro atoms. The number of aryl methyl sites for hydroxylation is 1. The number of benzene rings is 1. The minimum Gasteiger partial charge on any atom is -0.399 e. The molecule has 0 fully saturated rings. The smallest absolute Gasteiger partial charge is 0.0962 e. The predicted octanol–water partition coefficient (Wildman–Crippen LogP) is 2.62. The predicted molar refractivity (Wildman–Crippen MR) is 76.9 cm³/mol. The Balaban J connectivity index is 2.01. The van der Waals surface area contributed by atoms with Gasteiger partial charge in [0.2, 0.25) is 0 Å². The van der Waals surface area contributed by atoms with E-state index in [1.165, 1.54) is 5.56 Å². The first-order chi connectivity index (χ1) is 9.28. The lowest BCUT2D eigenvalue weighted by Gasteiger charge is -2.08. The molecule has 1 aromatic carbocycles. The number of anilines is 1. The third-order valence-corrected chi connectivity index (χ3v) is 3.33. The average molecular weight is 252 g/mol. The summed E-state index contributed by atoms with van der Waals surface area (Å²) in [5.74, 6) is 0. The van der Waals surface area contributed by atoms with Crippen molar-refractivity contribution in [2.24, 2.45) is 0 Å². The summed E-state index contributed by atoms with van der Waals surface area (Å²) in [4.78, 5) is 8.86. The molecule has 96 valence electrons. The van der Waals surface area contributed by atoms with Crippen molar-refractivity contribution in [3.8, 4) is 0 Å². The quantitative estimate of drug-likeness (QED) is 0.729. The first-order valence-electron chi connectivity index (χ1n) is 6.41. The van der Waals surface area contributed by atoms with Gasteiger partial charge >= 0.3 is 0 Å². The number of rotatable bonds is 3. The van der Waals surface area contributed by atoms with Gasteiger partial charge in [-0.1, -0.05) is 13.0 Å². The van der Waals surface area contributed by atoms with Crippen LogP contribution in [-0.2, 0) is 13.0 Å². The van der Waals surface area contributed by atoms with Gasteiger partial charge in [-0.15, -0.1) is 0 Å². The average Bonchev–Trinajstić information content (AvgIpc) is 2.82. The standard InChI is InChI=1S/C15H16N4/c1-2-11-4-3-7-17-14(11)9-19-10-18-13-8-12(16)5-6-15(13)19/h3-8,10H,2,9,16H2,1H3. The summed E-state index contributed by atoms with van der Waals surface area (Å²) >= 11 is 0. The van der Waals surface area contributed by atoms with Gasteiger partial charge in [-0.05, 0) is 36.2 Å². The van der Waals surface area contributed by atoms with E-state index < -0.39 is 0 Å². The first kappa shape index (κ1) is 11.7. The Hall–Kier alpha value is -2.36. The molecule has 4 nitrogen and oxygen atoms in total. The Morgan fingerprint density at radius 1 is 1.21 bits per heavy atom. The van der Waals surface area contributed by atoms with Crippen LogP contribution in [0.4, 0.5) is 5.69 Å². The van der Waals surface area contributed by atoms with Crippen molar-refractivity contribution in [3.63, 3.8) is 0 Å². The maximum atomic E-state index is 5.77. The Morgan fingerprint density at radius 3 is 2.95 bits per heavy atom. The van der Waals surface area contributed by atoms with E-state index in [9.17, 15) is 0 Å². The van der Waals surface area contributed by atoms with E-state index in [1.807, 2.05) is 36.8 Å². The van der Waals surface area contributed by atoms with Gasteiger partial charge in [-0.25, -0.2) is 4.98 Å². The summed E-state index contributed by atoms with van der Waals surface area (Å²) in [7, 11) is 0. The molecule has 0 saturated carbocycles. The minimum absolute atomic E-state index is 0.741. The van der Waals surface area contributed by atoms with Crippen molar-refractivity contribution in [2.45, 2.75) is 19.9 Å². The highest BCUT2D eigenvalue weighted by Gasteiger charge is 2.06. The molecule has 3 aromatic rings. The first-order valence-corrected chi connectivity index (χ1v) is 6.41. The van der Waals surface area contributed by atoms with Crippen molar-refractivity contribution in [2.75, 3.05) is 5.73 Å². The zero-order valence-electron chi connectivity index (χ0n) is 10.9. The molecule has 2 heterocycles. The lowest BCUT2D eigenvalue weighted by Crippen LogP contribution is -2.03. The molecular formula is C15H16N4. The zero-order valence-corrected chi connectivity index (χ0v) is 10.9. The zero-order chi connectivity index (χ0) is 13.2. The van der Waals surface area contributed by atoms with Gasteiger partial charge in [-0.2, -0.15) is 0 Å². The Bertz CT molecular complexity index is 715. The molecule has 2 N–H and O–H groups in total. The van der Waals surface area contributed by atoms with Gasteiger partial charge in [0.05, 0.1) is 29.6 Å². The number of imidazole rings is 1. The molecule has 0 amide bonds. The van der Waals surface area contributed by atoms with E-state index in [2.05, 4.69) is 27.5 Å². The van der Waals surface area contributed by atoms with Gasteiger partial charge in [0.15, 0.2) is 0 Å². The summed E-state index contributed by atoms with van der Waals surface area (Å²) in [5, 5.41) is 0. The largest absolute Gasteiger partial charge is 0.399 e. The fourth-order valence-electron chi connectivity index (χ4n) is 2.30. The molecule has 0 radical (unpaired) electrons. The van der Waals surface area contributed by atoms with Crippen LogP contribution in [0.25, 0.3) is 11.0 Å². The lowest BCUT2D eigenvalue weighted by molar-refractivity contribution is 0.782. The molecular weight excluding hydrogens is 236 g/mol. The molecule has 0 aliphatic rings. The molecule has 3 rings (SSSR count). The van der Waals surface area contributed by atoms with Gasteiger partial charge in [0, 0.05) is 11.9 Å². The van der Waals surface area contributed by atoms with Crippen LogP contribution in [0.1, 0.15) is 18.2 Å². The van der Waals surface area contributed by atoms with Crippen molar-refractivity contribution in [3.05, 3.63) is 54.1 Å². The number of aromatic nitrogens is 3. The topological polar surface area (TPSA) is 56.7 Å². The van der Waals surface area contributed by atoms with E-state index in [4.69, 9.17) is 5.73 Å². The van der Waals surface area contributed by atoms with Gasteiger partial charge in [-0.3, -0.25) is 4.98 Å². The normalized spacial score (nSPS) is 11.0. The van der Waals surface area contributed by atoms with Crippen molar-refractivity contribution < 1.29 is 0 Å². The number of nitrogens with two attached hydrogens (primary N) is 1. The second-order valence-corrected chi connectivity index (χ2v) is 4.58. The molecule has 0 bridgehead atoms. The van der Waals surface area contributed by atoms with Crippen LogP contribution >= 0.6 is 0 Å². The van der Waals surface area contributed by atoms with E-state index >= 15 is 0 Å². The molecule has 0 atom stereocenters. The molecule has 19 heavy (non-hydrogen) atoms. The van der Waals surface area contributed by atoms with Crippen LogP contribution < -0.4 is 5.73 Å². The highest BCUT2D eigenvalue weighted by atomic mass is 15.1. The maximum absolute atomic E-state index is 5.77. The van der Waals surface area contributed by atoms with E-state index in [-0.39, 0.29) is 0 Å². The second-order valence-electron chi connectivity index (χ2n) is 4.58. The van der Waals surface area contributed by atoms with Crippen molar-refractivity contribution in [1.82, 2.24) is 14.5 Å². The van der Waals surface area contributed by atoms with Crippen LogP contribution in [-0.4, -0.2) is 14.5 Å². The summed E-state index contributed by atoms with van der Waals surface area (Å²) < 4.78 is 2.11. The maximum Gasteiger partial charge on any atom is 0.0962 e. The van der Waals surface area contributed by atoms with E-state index in [0.717, 1.165) is 35.4 Å². The van der Waals surface area contributed by atoms with Crippen molar-refractivity contribution >= 4 is 16.7 Å². The monoisotopic (exact) mass is 252 g/mol. The number of fused-ring (bicyclic) bond motifs is 1. The van der Waals surface area contributed by atoms with E-state index in [0.29, 0.717) is 0 Å². The van der Waals surface area contributed by atoms with E-state index in [1.54, 1.807) is 0 Å². The van der Waals surface area contributed by atoms with Crippen LogP contribution in [0.3, 0.4) is 0 Å². The molecule has 0 aliphatic carbocycles. The van der Waals surface area contributed by atoms with Gasteiger partial charge in [0.25, 0.3) is 0 Å². The third-order valence-electron chi connectivity index (χ3n) is 3.33. The third kappa shape index (κ3) is 2.17. The summed E-state index contributed by atoms with van der Waals surface area (Å²) in [6.45, 7) is 2.89. The number of nitrogen functional groups attached to an aromatic ring is 1. The Kier molecular flexibility index (Phi) is 2.91. The van der Waals surface area contributed by atoms with Gasteiger partial charge < -0.3 is 10.3 Å². The molecule has 0 saturated heterocycles. The second kappa shape index (κ2) is 4.72. The van der Waals surface area contributed by atoms with Crippen LogP contribution in [0.15, 0.2) is 42.9 Å².